The Kier molecular flexibility index (Phi) is 7.25. The van der Waals surface area contributed by atoms with E-state index in [9.17, 15) is 0 Å². The second kappa shape index (κ2) is 8.16. The zero-order chi connectivity index (χ0) is 13.5. The molecular formula is C16H34N2. The molecule has 2 nitrogen and oxygen atoms in total. The van der Waals surface area contributed by atoms with Crippen LogP contribution in [0, 0.1) is 5.92 Å². The van der Waals surface area contributed by atoms with Crippen molar-refractivity contribution in [2.75, 3.05) is 13.1 Å². The van der Waals surface area contributed by atoms with Gasteiger partial charge < -0.3 is 5.32 Å². The van der Waals surface area contributed by atoms with Gasteiger partial charge in [-0.2, -0.15) is 0 Å². The lowest BCUT2D eigenvalue weighted by molar-refractivity contribution is 0.124. The van der Waals surface area contributed by atoms with Crippen LogP contribution in [0.1, 0.15) is 66.7 Å². The zero-order valence-electron chi connectivity index (χ0n) is 13.2. The third kappa shape index (κ3) is 5.27. The molecule has 2 unspecified atom stereocenters. The van der Waals surface area contributed by atoms with E-state index in [4.69, 9.17) is 0 Å². The van der Waals surface area contributed by atoms with E-state index in [1.165, 1.54) is 38.6 Å². The maximum absolute atomic E-state index is 3.67. The molecule has 108 valence electrons. The van der Waals surface area contributed by atoms with E-state index in [0.717, 1.165) is 18.5 Å². The Morgan fingerprint density at radius 3 is 2.22 bits per heavy atom. The fourth-order valence-corrected chi connectivity index (χ4v) is 2.98. The van der Waals surface area contributed by atoms with Crippen molar-refractivity contribution >= 4 is 0 Å². The van der Waals surface area contributed by atoms with Crippen LogP contribution in [0.15, 0.2) is 0 Å². The average molecular weight is 254 g/mol. The predicted octanol–water partition coefficient (Wildman–Crippen LogP) is 3.66. The van der Waals surface area contributed by atoms with Gasteiger partial charge in [-0.15, -0.1) is 0 Å². The predicted molar refractivity (Wildman–Crippen MR) is 81.0 cm³/mol. The minimum Gasteiger partial charge on any atom is -0.313 e. The lowest BCUT2D eigenvalue weighted by atomic mass is 10.1. The van der Waals surface area contributed by atoms with E-state index in [0.29, 0.717) is 12.1 Å². The Morgan fingerprint density at radius 2 is 1.72 bits per heavy atom. The summed E-state index contributed by atoms with van der Waals surface area (Å²) in [6.45, 7) is 14.0. The lowest BCUT2D eigenvalue weighted by Gasteiger charge is -2.36. The monoisotopic (exact) mass is 254 g/mol. The highest BCUT2D eigenvalue weighted by Crippen LogP contribution is 2.25. The van der Waals surface area contributed by atoms with Crippen molar-refractivity contribution in [1.82, 2.24) is 10.2 Å². The summed E-state index contributed by atoms with van der Waals surface area (Å²) in [5.74, 6) is 0.775. The lowest BCUT2D eigenvalue weighted by Crippen LogP contribution is -2.48. The van der Waals surface area contributed by atoms with Gasteiger partial charge in [-0.1, -0.05) is 33.6 Å². The summed E-state index contributed by atoms with van der Waals surface area (Å²) in [6, 6.07) is 2.17. The normalized spacial score (nSPS) is 20.8. The van der Waals surface area contributed by atoms with Crippen molar-refractivity contribution < 1.29 is 0 Å². The van der Waals surface area contributed by atoms with Crippen LogP contribution in [0.3, 0.4) is 0 Å². The minimum absolute atomic E-state index is 0.650. The highest BCUT2D eigenvalue weighted by molar-refractivity contribution is 4.83. The van der Waals surface area contributed by atoms with Crippen LogP contribution in [0.2, 0.25) is 0 Å². The zero-order valence-corrected chi connectivity index (χ0v) is 13.2. The van der Waals surface area contributed by atoms with Crippen LogP contribution < -0.4 is 5.32 Å². The number of hydrogen-bond acceptors (Lipinski definition) is 2. The Labute approximate surface area is 115 Å². The first-order chi connectivity index (χ1) is 8.54. The molecule has 0 saturated heterocycles. The Hall–Kier alpha value is -0.0800. The maximum atomic E-state index is 3.67. The number of nitrogens with one attached hydrogen (secondary N) is 1. The highest BCUT2D eigenvalue weighted by atomic mass is 15.2. The molecule has 1 aliphatic carbocycles. The fraction of sp³-hybridized carbons (Fsp3) is 1.00. The van der Waals surface area contributed by atoms with Crippen LogP contribution in [0.5, 0.6) is 0 Å². The second-order valence-corrected chi connectivity index (χ2v) is 6.60. The molecule has 18 heavy (non-hydrogen) atoms. The Morgan fingerprint density at radius 1 is 1.11 bits per heavy atom. The van der Waals surface area contributed by atoms with Gasteiger partial charge in [0.15, 0.2) is 0 Å². The molecule has 0 aliphatic heterocycles. The van der Waals surface area contributed by atoms with E-state index in [2.05, 4.69) is 44.8 Å². The van der Waals surface area contributed by atoms with Crippen molar-refractivity contribution in [3.63, 3.8) is 0 Å². The molecular weight excluding hydrogens is 220 g/mol. The molecule has 0 aromatic carbocycles. The number of nitrogens with zero attached hydrogens (tertiary/aromatic N) is 1. The topological polar surface area (TPSA) is 15.3 Å². The highest BCUT2D eigenvalue weighted by Gasteiger charge is 2.26. The maximum Gasteiger partial charge on any atom is 0.0195 e. The van der Waals surface area contributed by atoms with E-state index in [-0.39, 0.29) is 0 Å². The smallest absolute Gasteiger partial charge is 0.0195 e. The summed E-state index contributed by atoms with van der Waals surface area (Å²) in [6.07, 6.45) is 6.93. The molecule has 0 spiro atoms. The molecule has 1 fully saturated rings. The molecule has 1 N–H and O–H groups in total. The average Bonchev–Trinajstić information content (AvgIpc) is 2.85. The third-order valence-corrected chi connectivity index (χ3v) is 4.31. The number of hydrogen-bond donors (Lipinski definition) is 1. The summed E-state index contributed by atoms with van der Waals surface area (Å²) in [5.41, 5.74) is 0. The molecule has 0 radical (unpaired) electrons. The molecule has 0 heterocycles. The molecule has 0 aromatic rings. The summed E-state index contributed by atoms with van der Waals surface area (Å²) < 4.78 is 0. The van der Waals surface area contributed by atoms with Crippen LogP contribution in [-0.2, 0) is 0 Å². The second-order valence-electron chi connectivity index (χ2n) is 6.60. The molecule has 0 aromatic heterocycles. The molecule has 0 amide bonds. The molecule has 1 saturated carbocycles. The summed E-state index contributed by atoms with van der Waals surface area (Å²) in [7, 11) is 0. The van der Waals surface area contributed by atoms with Gasteiger partial charge in [0.25, 0.3) is 0 Å². The van der Waals surface area contributed by atoms with Crippen molar-refractivity contribution in [1.29, 1.82) is 0 Å². The van der Waals surface area contributed by atoms with Crippen molar-refractivity contribution in [3.8, 4) is 0 Å². The van der Waals surface area contributed by atoms with Crippen molar-refractivity contribution in [2.45, 2.75) is 84.8 Å². The van der Waals surface area contributed by atoms with Gasteiger partial charge in [0.2, 0.25) is 0 Å². The summed E-state index contributed by atoms with van der Waals surface area (Å²) in [5, 5.41) is 3.67. The SMILES string of the molecule is CCC(C)NCC(C)N(CC(C)C)C1CCCC1. The Bertz CT molecular complexity index is 209. The Balaban J connectivity index is 2.46. The van der Waals surface area contributed by atoms with E-state index < -0.39 is 0 Å². The fourth-order valence-electron chi connectivity index (χ4n) is 2.98. The molecule has 1 rings (SSSR count). The summed E-state index contributed by atoms with van der Waals surface area (Å²) in [4.78, 5) is 2.77. The van der Waals surface area contributed by atoms with Gasteiger partial charge in [-0.25, -0.2) is 0 Å². The first-order valence-corrected chi connectivity index (χ1v) is 8.03. The first-order valence-electron chi connectivity index (χ1n) is 8.03. The van der Waals surface area contributed by atoms with Gasteiger partial charge in [-0.3, -0.25) is 4.90 Å². The van der Waals surface area contributed by atoms with Crippen molar-refractivity contribution in [3.05, 3.63) is 0 Å². The van der Waals surface area contributed by atoms with Crippen LogP contribution in [0.4, 0.5) is 0 Å². The van der Waals surface area contributed by atoms with E-state index in [1.807, 2.05) is 0 Å². The van der Waals surface area contributed by atoms with Gasteiger partial charge in [0, 0.05) is 31.2 Å². The molecule has 0 bridgehead atoms. The van der Waals surface area contributed by atoms with Crippen molar-refractivity contribution in [2.24, 2.45) is 5.92 Å². The van der Waals surface area contributed by atoms with Crippen LogP contribution in [-0.4, -0.2) is 36.1 Å². The van der Waals surface area contributed by atoms with E-state index in [1.54, 1.807) is 0 Å². The van der Waals surface area contributed by atoms with Gasteiger partial charge in [-0.05, 0) is 39.0 Å². The van der Waals surface area contributed by atoms with Gasteiger partial charge >= 0.3 is 0 Å². The standard InChI is InChI=1S/C16H34N2/c1-6-14(4)17-11-15(5)18(12-13(2)3)16-9-7-8-10-16/h13-17H,6-12H2,1-5H3. The van der Waals surface area contributed by atoms with Crippen LogP contribution >= 0.6 is 0 Å². The van der Waals surface area contributed by atoms with Gasteiger partial charge in [0.05, 0.1) is 0 Å². The van der Waals surface area contributed by atoms with E-state index >= 15 is 0 Å². The molecule has 1 aliphatic rings. The summed E-state index contributed by atoms with van der Waals surface area (Å²) >= 11 is 0. The minimum atomic E-state index is 0.650. The first kappa shape index (κ1) is 16.0. The van der Waals surface area contributed by atoms with Gasteiger partial charge in [0.1, 0.15) is 0 Å². The van der Waals surface area contributed by atoms with Crippen LogP contribution in [0.25, 0.3) is 0 Å². The number of rotatable bonds is 8. The quantitative estimate of drug-likeness (QED) is 0.711. The third-order valence-electron chi connectivity index (χ3n) is 4.31. The molecule has 2 heteroatoms. The largest absolute Gasteiger partial charge is 0.313 e. The molecule has 2 atom stereocenters.